The van der Waals surface area contributed by atoms with E-state index in [1.165, 1.54) is 7.11 Å². The number of thiocarbonyl (C=S) groups is 1. The van der Waals surface area contributed by atoms with Gasteiger partial charge >= 0.3 is 0 Å². The quantitative estimate of drug-likeness (QED) is 0.410. The van der Waals surface area contributed by atoms with Gasteiger partial charge in [-0.15, -0.1) is 0 Å². The van der Waals surface area contributed by atoms with Crippen LogP contribution in [0.15, 0.2) is 60.7 Å². The summed E-state index contributed by atoms with van der Waals surface area (Å²) >= 11 is 17.5. The van der Waals surface area contributed by atoms with Crippen molar-refractivity contribution in [2.75, 3.05) is 43.5 Å². The van der Waals surface area contributed by atoms with Gasteiger partial charge < -0.3 is 19.9 Å². The highest BCUT2D eigenvalue weighted by atomic mass is 35.5. The van der Waals surface area contributed by atoms with Gasteiger partial charge in [0, 0.05) is 53.2 Å². The molecule has 1 saturated heterocycles. The zero-order chi connectivity index (χ0) is 26.5. The molecule has 3 aromatic carbocycles. The molecule has 0 unspecified atom stereocenters. The molecule has 0 spiro atoms. The number of carbonyl (C=O) groups excluding carboxylic acids is 2. The Labute approximate surface area is 231 Å². The number of aryl methyl sites for hydroxylation is 1. The predicted molar refractivity (Wildman–Crippen MR) is 152 cm³/mol. The molecule has 1 heterocycles. The molecular formula is C27H26Cl2N4O3S. The van der Waals surface area contributed by atoms with Crippen LogP contribution in [0.2, 0.25) is 10.0 Å². The number of hydrogen-bond acceptors (Lipinski definition) is 5. The van der Waals surface area contributed by atoms with Crippen molar-refractivity contribution in [3.63, 3.8) is 0 Å². The Bertz CT molecular complexity index is 1330. The van der Waals surface area contributed by atoms with Crippen LogP contribution in [0, 0.1) is 6.92 Å². The average Bonchev–Trinajstić information content (AvgIpc) is 2.90. The maximum Gasteiger partial charge on any atom is 0.257 e. The van der Waals surface area contributed by atoms with Gasteiger partial charge in [-0.25, -0.2) is 0 Å². The number of methoxy groups -OCH3 is 1. The van der Waals surface area contributed by atoms with Gasteiger partial charge in [0.05, 0.1) is 12.7 Å². The van der Waals surface area contributed by atoms with Crippen molar-refractivity contribution in [3.8, 4) is 5.75 Å². The van der Waals surface area contributed by atoms with Crippen LogP contribution < -0.4 is 20.3 Å². The maximum absolute atomic E-state index is 13.0. The molecule has 1 aliphatic heterocycles. The summed E-state index contributed by atoms with van der Waals surface area (Å²) in [6.45, 7) is 4.41. The molecule has 0 saturated carbocycles. The molecule has 1 aliphatic rings. The molecule has 0 aromatic heterocycles. The summed E-state index contributed by atoms with van der Waals surface area (Å²) < 4.78 is 5.33. The minimum Gasteiger partial charge on any atom is -0.496 e. The first-order valence-corrected chi connectivity index (χ1v) is 12.8. The molecule has 7 nitrogen and oxygen atoms in total. The highest BCUT2D eigenvalue weighted by molar-refractivity contribution is 7.80. The Morgan fingerprint density at radius 2 is 1.65 bits per heavy atom. The summed E-state index contributed by atoms with van der Waals surface area (Å²) in [4.78, 5) is 29.5. The average molecular weight is 558 g/mol. The number of nitrogens with one attached hydrogen (secondary N) is 2. The smallest absolute Gasteiger partial charge is 0.257 e. The van der Waals surface area contributed by atoms with Crippen molar-refractivity contribution < 1.29 is 14.3 Å². The van der Waals surface area contributed by atoms with E-state index in [1.54, 1.807) is 36.4 Å². The minimum atomic E-state index is -0.334. The van der Waals surface area contributed by atoms with E-state index >= 15 is 0 Å². The lowest BCUT2D eigenvalue weighted by Crippen LogP contribution is -2.48. The first-order chi connectivity index (χ1) is 17.7. The monoisotopic (exact) mass is 556 g/mol. The Balaban J connectivity index is 1.30. The fourth-order valence-electron chi connectivity index (χ4n) is 4.01. The number of halogens is 2. The van der Waals surface area contributed by atoms with Crippen molar-refractivity contribution >= 4 is 63.7 Å². The number of piperazine rings is 1. The van der Waals surface area contributed by atoms with Crippen LogP contribution in [0.4, 0.5) is 11.4 Å². The molecule has 2 amide bonds. The lowest BCUT2D eigenvalue weighted by Gasteiger charge is -2.36. The number of rotatable bonds is 5. The molecule has 3 aromatic rings. The number of ether oxygens (including phenoxy) is 1. The molecule has 0 aliphatic carbocycles. The highest BCUT2D eigenvalue weighted by Gasteiger charge is 2.24. The SMILES string of the molecule is COc1ccc(Cl)cc1C(=O)N1CCN(c2ccc(NC(=S)NC(=O)c3ccc(C)c(Cl)c3)cc2)CC1. The summed E-state index contributed by atoms with van der Waals surface area (Å²) in [5.41, 5.74) is 3.57. The molecule has 4 rings (SSSR count). The van der Waals surface area contributed by atoms with Crippen molar-refractivity contribution in [1.82, 2.24) is 10.2 Å². The highest BCUT2D eigenvalue weighted by Crippen LogP contribution is 2.26. The van der Waals surface area contributed by atoms with E-state index < -0.39 is 0 Å². The fraction of sp³-hybridized carbons (Fsp3) is 0.222. The lowest BCUT2D eigenvalue weighted by atomic mass is 10.1. The molecule has 1 fully saturated rings. The number of amides is 2. The number of anilines is 2. The fourth-order valence-corrected chi connectivity index (χ4v) is 4.58. The number of benzene rings is 3. The summed E-state index contributed by atoms with van der Waals surface area (Å²) in [7, 11) is 1.54. The first kappa shape index (κ1) is 26.7. The van der Waals surface area contributed by atoms with E-state index in [0.717, 1.165) is 16.9 Å². The van der Waals surface area contributed by atoms with Gasteiger partial charge in [-0.1, -0.05) is 29.3 Å². The van der Waals surface area contributed by atoms with E-state index in [4.69, 9.17) is 40.2 Å². The van der Waals surface area contributed by atoms with Crippen molar-refractivity contribution in [2.24, 2.45) is 0 Å². The van der Waals surface area contributed by atoms with Crippen LogP contribution in [0.5, 0.6) is 5.75 Å². The van der Waals surface area contributed by atoms with E-state index in [-0.39, 0.29) is 16.9 Å². The van der Waals surface area contributed by atoms with Gasteiger partial charge in [0.1, 0.15) is 5.75 Å². The van der Waals surface area contributed by atoms with Gasteiger partial charge in [-0.2, -0.15) is 0 Å². The molecule has 0 bridgehead atoms. The largest absolute Gasteiger partial charge is 0.496 e. The summed E-state index contributed by atoms with van der Waals surface area (Å²) in [5, 5.41) is 6.91. The van der Waals surface area contributed by atoms with Crippen molar-refractivity contribution in [2.45, 2.75) is 6.92 Å². The topological polar surface area (TPSA) is 73.9 Å². The second kappa shape index (κ2) is 11.8. The van der Waals surface area contributed by atoms with Crippen LogP contribution in [0.1, 0.15) is 26.3 Å². The molecule has 0 radical (unpaired) electrons. The van der Waals surface area contributed by atoms with E-state index in [0.29, 0.717) is 53.1 Å². The summed E-state index contributed by atoms with van der Waals surface area (Å²) in [6.07, 6.45) is 0. The third kappa shape index (κ3) is 6.52. The molecule has 10 heteroatoms. The van der Waals surface area contributed by atoms with Gasteiger partial charge in [0.25, 0.3) is 11.8 Å². The maximum atomic E-state index is 13.0. The van der Waals surface area contributed by atoms with Gasteiger partial charge in [0.15, 0.2) is 5.11 Å². The van der Waals surface area contributed by atoms with Crippen molar-refractivity contribution in [1.29, 1.82) is 0 Å². The first-order valence-electron chi connectivity index (χ1n) is 11.6. The van der Waals surface area contributed by atoms with Crippen LogP contribution in [0.3, 0.4) is 0 Å². The molecule has 0 atom stereocenters. The summed E-state index contributed by atoms with van der Waals surface area (Å²) in [5.74, 6) is 0.0811. The van der Waals surface area contributed by atoms with Crippen LogP contribution in [0.25, 0.3) is 0 Å². The normalized spacial score (nSPS) is 13.2. The molecular weight excluding hydrogens is 531 g/mol. The third-order valence-electron chi connectivity index (χ3n) is 6.11. The van der Waals surface area contributed by atoms with Gasteiger partial charge in [-0.3, -0.25) is 14.9 Å². The Morgan fingerprint density at radius 1 is 0.946 bits per heavy atom. The van der Waals surface area contributed by atoms with E-state index in [1.807, 2.05) is 36.1 Å². The second-order valence-electron chi connectivity index (χ2n) is 8.54. The Kier molecular flexibility index (Phi) is 8.53. The zero-order valence-corrected chi connectivity index (χ0v) is 22.7. The van der Waals surface area contributed by atoms with Gasteiger partial charge in [-0.05, 0) is 79.3 Å². The number of carbonyl (C=O) groups is 2. The lowest BCUT2D eigenvalue weighted by molar-refractivity contribution is 0.0743. The van der Waals surface area contributed by atoms with E-state index in [9.17, 15) is 9.59 Å². The minimum absolute atomic E-state index is 0.0954. The van der Waals surface area contributed by atoms with Crippen LogP contribution >= 0.6 is 35.4 Å². The zero-order valence-electron chi connectivity index (χ0n) is 20.4. The second-order valence-corrected chi connectivity index (χ2v) is 9.79. The molecule has 192 valence electrons. The molecule has 2 N–H and O–H groups in total. The molecule has 37 heavy (non-hydrogen) atoms. The number of nitrogens with zero attached hydrogens (tertiary/aromatic N) is 2. The van der Waals surface area contributed by atoms with Crippen molar-refractivity contribution in [3.05, 3.63) is 87.4 Å². The predicted octanol–water partition coefficient (Wildman–Crippen LogP) is 5.40. The Morgan fingerprint density at radius 3 is 2.30 bits per heavy atom. The number of hydrogen-bond donors (Lipinski definition) is 2. The van der Waals surface area contributed by atoms with Gasteiger partial charge in [0.2, 0.25) is 0 Å². The van der Waals surface area contributed by atoms with Crippen LogP contribution in [-0.4, -0.2) is 55.1 Å². The standard InChI is InChI=1S/C27H26Cl2N4O3S/c1-17-3-4-18(15-23(17)29)25(34)31-27(37)30-20-6-8-21(9-7-20)32-11-13-33(14-12-32)26(35)22-16-19(28)5-10-24(22)36-2/h3-10,15-16H,11-14H2,1-2H3,(H2,30,31,34,37). The summed E-state index contributed by atoms with van der Waals surface area (Å²) in [6, 6.07) is 17.9. The third-order valence-corrected chi connectivity index (χ3v) is 6.96. The van der Waals surface area contributed by atoms with E-state index in [2.05, 4.69) is 15.5 Å². The Hall–Kier alpha value is -3.33. The van der Waals surface area contributed by atoms with Crippen LogP contribution in [-0.2, 0) is 0 Å².